The molecule has 2 aromatic rings. The van der Waals surface area contributed by atoms with Crippen molar-refractivity contribution >= 4 is 23.4 Å². The van der Waals surface area contributed by atoms with Crippen LogP contribution in [0.1, 0.15) is 16.7 Å². The molecule has 20 heavy (non-hydrogen) atoms. The van der Waals surface area contributed by atoms with Gasteiger partial charge in [0.2, 0.25) is 0 Å². The molecule has 0 unspecified atom stereocenters. The van der Waals surface area contributed by atoms with Gasteiger partial charge in [-0.15, -0.1) is 0 Å². The molecule has 0 fully saturated rings. The Balaban J connectivity index is 1.85. The summed E-state index contributed by atoms with van der Waals surface area (Å²) >= 11 is 8.05. The molecule has 0 bridgehead atoms. The molecule has 1 aromatic carbocycles. The molecule has 1 aromatic heterocycles. The normalized spacial score (nSPS) is 14.7. The number of thioether (sulfide) groups is 1. The summed E-state index contributed by atoms with van der Waals surface area (Å²) in [4.78, 5) is 8.50. The molecule has 3 nitrogen and oxygen atoms in total. The molecule has 104 valence electrons. The highest BCUT2D eigenvalue weighted by Crippen LogP contribution is 2.30. The first-order valence-electron chi connectivity index (χ1n) is 6.74. The van der Waals surface area contributed by atoms with Gasteiger partial charge in [-0.05, 0) is 54.8 Å². The van der Waals surface area contributed by atoms with Crippen LogP contribution in [0.15, 0.2) is 35.7 Å². The van der Waals surface area contributed by atoms with Crippen molar-refractivity contribution in [3.63, 3.8) is 0 Å². The average Bonchev–Trinajstić information content (AvgIpc) is 2.73. The number of hydrogen-bond donors (Lipinski definition) is 1. The highest BCUT2D eigenvalue weighted by Gasteiger charge is 2.15. The molecule has 3 rings (SSSR count). The third-order valence-corrected chi connectivity index (χ3v) is 4.74. The van der Waals surface area contributed by atoms with E-state index in [0.717, 1.165) is 41.9 Å². The fraction of sp³-hybridized carbons (Fsp3) is 0.333. The molecule has 0 saturated heterocycles. The van der Waals surface area contributed by atoms with Crippen LogP contribution in [0.4, 0.5) is 0 Å². The van der Waals surface area contributed by atoms with Gasteiger partial charge in [0.25, 0.3) is 0 Å². The maximum absolute atomic E-state index is 6.41. The molecule has 0 aliphatic carbocycles. The quantitative estimate of drug-likeness (QED) is 0.698. The third-order valence-electron chi connectivity index (χ3n) is 3.48. The van der Waals surface area contributed by atoms with Gasteiger partial charge in [0.15, 0.2) is 5.16 Å². The Labute approximate surface area is 128 Å². The lowest BCUT2D eigenvalue weighted by Gasteiger charge is -2.13. The lowest BCUT2D eigenvalue weighted by Crippen LogP contribution is -2.16. The van der Waals surface area contributed by atoms with Crippen molar-refractivity contribution in [3.05, 3.63) is 52.3 Å². The summed E-state index contributed by atoms with van der Waals surface area (Å²) in [5.41, 5.74) is 4.07. The zero-order chi connectivity index (χ0) is 13.8. The fourth-order valence-corrected chi connectivity index (χ4v) is 3.67. The minimum absolute atomic E-state index is 0.799. The standard InChI is InChI=1S/C15H16ClN3S/c16-14-3-2-11-4-8-17-9-5-12(11)13(14)10-20-15-18-6-1-7-19-15/h1-3,6-7,17H,4-5,8-10H2. The number of nitrogens with zero attached hydrogens (tertiary/aromatic N) is 2. The van der Waals surface area contributed by atoms with Gasteiger partial charge in [-0.3, -0.25) is 0 Å². The summed E-state index contributed by atoms with van der Waals surface area (Å²) in [7, 11) is 0. The highest BCUT2D eigenvalue weighted by atomic mass is 35.5. The molecular weight excluding hydrogens is 290 g/mol. The third kappa shape index (κ3) is 3.14. The first-order chi connectivity index (χ1) is 9.84. The maximum atomic E-state index is 6.41. The summed E-state index contributed by atoms with van der Waals surface area (Å²) in [5, 5.41) is 5.09. The van der Waals surface area contributed by atoms with E-state index in [-0.39, 0.29) is 0 Å². The van der Waals surface area contributed by atoms with Crippen molar-refractivity contribution in [1.82, 2.24) is 15.3 Å². The predicted molar refractivity (Wildman–Crippen MR) is 83.3 cm³/mol. The van der Waals surface area contributed by atoms with Crippen LogP contribution in [0, 0.1) is 0 Å². The maximum Gasteiger partial charge on any atom is 0.187 e. The number of hydrogen-bond acceptors (Lipinski definition) is 4. The fourth-order valence-electron chi connectivity index (χ4n) is 2.47. The van der Waals surface area contributed by atoms with Crippen LogP contribution < -0.4 is 5.32 Å². The minimum atomic E-state index is 0.799. The first-order valence-corrected chi connectivity index (χ1v) is 8.10. The zero-order valence-corrected chi connectivity index (χ0v) is 12.7. The summed E-state index contributed by atoms with van der Waals surface area (Å²) < 4.78 is 0. The van der Waals surface area contributed by atoms with Gasteiger partial charge in [0.1, 0.15) is 0 Å². The summed E-state index contributed by atoms with van der Waals surface area (Å²) in [5.74, 6) is 0.825. The van der Waals surface area contributed by atoms with Crippen molar-refractivity contribution in [2.45, 2.75) is 23.8 Å². The van der Waals surface area contributed by atoms with E-state index in [2.05, 4.69) is 21.4 Å². The number of benzene rings is 1. The zero-order valence-electron chi connectivity index (χ0n) is 11.1. The molecule has 1 N–H and O–H groups in total. The topological polar surface area (TPSA) is 37.8 Å². The van der Waals surface area contributed by atoms with Crippen molar-refractivity contribution in [1.29, 1.82) is 0 Å². The van der Waals surface area contributed by atoms with E-state index in [9.17, 15) is 0 Å². The number of nitrogens with one attached hydrogen (secondary N) is 1. The van der Waals surface area contributed by atoms with Crippen molar-refractivity contribution < 1.29 is 0 Å². The van der Waals surface area contributed by atoms with E-state index in [1.54, 1.807) is 24.2 Å². The van der Waals surface area contributed by atoms with Gasteiger partial charge in [0, 0.05) is 23.2 Å². The summed E-state index contributed by atoms with van der Waals surface area (Å²) in [6, 6.07) is 6.02. The van der Waals surface area contributed by atoms with Gasteiger partial charge >= 0.3 is 0 Å². The molecule has 1 aliphatic heterocycles. The molecular formula is C15H16ClN3S. The molecule has 0 amide bonds. The second kappa shape index (κ2) is 6.57. The largest absolute Gasteiger partial charge is 0.316 e. The Morgan fingerprint density at radius 2 is 1.95 bits per heavy atom. The number of fused-ring (bicyclic) bond motifs is 1. The van der Waals surface area contributed by atoms with Gasteiger partial charge in [0.05, 0.1) is 0 Å². The van der Waals surface area contributed by atoms with Crippen molar-refractivity contribution in [3.8, 4) is 0 Å². The second-order valence-electron chi connectivity index (χ2n) is 4.73. The van der Waals surface area contributed by atoms with Gasteiger partial charge in [-0.25, -0.2) is 9.97 Å². The van der Waals surface area contributed by atoms with E-state index in [4.69, 9.17) is 11.6 Å². The average molecular weight is 306 g/mol. The molecule has 0 spiro atoms. The Kier molecular flexibility index (Phi) is 4.55. The Morgan fingerprint density at radius 3 is 2.80 bits per heavy atom. The van der Waals surface area contributed by atoms with Crippen molar-refractivity contribution in [2.24, 2.45) is 0 Å². The highest BCUT2D eigenvalue weighted by molar-refractivity contribution is 7.98. The Morgan fingerprint density at radius 1 is 1.15 bits per heavy atom. The summed E-state index contributed by atoms with van der Waals surface area (Å²) in [6.45, 7) is 2.07. The molecule has 0 saturated carbocycles. The lowest BCUT2D eigenvalue weighted by atomic mass is 9.98. The van der Waals surface area contributed by atoms with E-state index in [1.807, 2.05) is 12.1 Å². The van der Waals surface area contributed by atoms with Crippen LogP contribution in [0.2, 0.25) is 5.02 Å². The van der Waals surface area contributed by atoms with Crippen LogP contribution in [0.5, 0.6) is 0 Å². The predicted octanol–water partition coefficient (Wildman–Crippen LogP) is 3.11. The van der Waals surface area contributed by atoms with Crippen molar-refractivity contribution in [2.75, 3.05) is 13.1 Å². The molecule has 0 atom stereocenters. The Bertz CT molecular complexity index is 589. The molecule has 1 aliphatic rings. The van der Waals surface area contributed by atoms with Gasteiger partial charge < -0.3 is 5.32 Å². The van der Waals surface area contributed by atoms with E-state index in [0.29, 0.717) is 0 Å². The monoisotopic (exact) mass is 305 g/mol. The van der Waals surface area contributed by atoms with Crippen LogP contribution >= 0.6 is 23.4 Å². The number of halogens is 1. The van der Waals surface area contributed by atoms with E-state index < -0.39 is 0 Å². The van der Waals surface area contributed by atoms with Crippen LogP contribution in [0.25, 0.3) is 0 Å². The lowest BCUT2D eigenvalue weighted by molar-refractivity contribution is 0.710. The molecule has 2 heterocycles. The minimum Gasteiger partial charge on any atom is -0.316 e. The van der Waals surface area contributed by atoms with Crippen LogP contribution in [-0.2, 0) is 18.6 Å². The smallest absolute Gasteiger partial charge is 0.187 e. The van der Waals surface area contributed by atoms with Gasteiger partial charge in [-0.2, -0.15) is 0 Å². The SMILES string of the molecule is Clc1ccc2c(c1CSc1ncccn1)CCNCC2. The molecule has 0 radical (unpaired) electrons. The number of rotatable bonds is 3. The first kappa shape index (κ1) is 13.9. The summed E-state index contributed by atoms with van der Waals surface area (Å²) in [6.07, 6.45) is 5.66. The van der Waals surface area contributed by atoms with Crippen LogP contribution in [-0.4, -0.2) is 23.1 Å². The van der Waals surface area contributed by atoms with Crippen LogP contribution in [0.3, 0.4) is 0 Å². The second-order valence-corrected chi connectivity index (χ2v) is 6.08. The number of aromatic nitrogens is 2. The molecule has 5 heteroatoms. The van der Waals surface area contributed by atoms with E-state index >= 15 is 0 Å². The van der Waals surface area contributed by atoms with E-state index in [1.165, 1.54) is 16.7 Å². The van der Waals surface area contributed by atoms with Gasteiger partial charge in [-0.1, -0.05) is 29.4 Å². The Hall–Kier alpha value is -1.10.